The van der Waals surface area contributed by atoms with E-state index >= 15 is 0 Å². The van der Waals surface area contributed by atoms with Gasteiger partial charge in [0, 0.05) is 10.6 Å². The van der Waals surface area contributed by atoms with Gasteiger partial charge in [-0.1, -0.05) is 29.8 Å². The highest BCUT2D eigenvalue weighted by atomic mass is 35.5. The van der Waals surface area contributed by atoms with Gasteiger partial charge in [0.1, 0.15) is 6.33 Å². The predicted octanol–water partition coefficient (Wildman–Crippen LogP) is 4.26. The molecule has 0 unspecified atom stereocenters. The molecule has 0 saturated carbocycles. The van der Waals surface area contributed by atoms with Crippen molar-refractivity contribution in [3.63, 3.8) is 0 Å². The highest BCUT2D eigenvalue weighted by molar-refractivity contribution is 6.30. The van der Waals surface area contributed by atoms with Crippen LogP contribution in [0.3, 0.4) is 0 Å². The number of nitrogens with zero attached hydrogens (tertiary/aromatic N) is 3. The molecule has 3 rings (SSSR count). The molecule has 0 radical (unpaired) electrons. The number of nitrogens with one attached hydrogen (secondary N) is 1. The molecule has 0 saturated heterocycles. The van der Waals surface area contributed by atoms with Crippen LogP contribution >= 0.6 is 11.6 Å². The minimum atomic E-state index is 0.618. The van der Waals surface area contributed by atoms with Crippen molar-refractivity contribution < 1.29 is 0 Å². The molecule has 0 aliphatic rings. The van der Waals surface area contributed by atoms with Crippen molar-refractivity contribution in [1.29, 1.82) is 5.26 Å². The van der Waals surface area contributed by atoms with E-state index in [0.717, 1.165) is 22.6 Å². The van der Waals surface area contributed by atoms with E-state index in [1.807, 2.05) is 54.1 Å². The highest BCUT2D eigenvalue weighted by Gasteiger charge is 2.11. The van der Waals surface area contributed by atoms with E-state index < -0.39 is 0 Å². The number of halogens is 1. The number of hydrogen-bond donors (Lipinski definition) is 1. The van der Waals surface area contributed by atoms with E-state index in [2.05, 4.69) is 16.5 Å². The smallest absolute Gasteiger partial charge is 0.115 e. The van der Waals surface area contributed by atoms with Crippen LogP contribution in [0, 0.1) is 18.3 Å². The first kappa shape index (κ1) is 14.2. The van der Waals surface area contributed by atoms with Crippen LogP contribution in [0.5, 0.6) is 0 Å². The van der Waals surface area contributed by atoms with Crippen LogP contribution in [0.25, 0.3) is 11.3 Å². The molecule has 2 aromatic carbocycles. The van der Waals surface area contributed by atoms with Gasteiger partial charge in [-0.25, -0.2) is 9.66 Å². The molecule has 22 heavy (non-hydrogen) atoms. The Bertz CT molecular complexity index is 861. The van der Waals surface area contributed by atoms with Gasteiger partial charge in [-0.15, -0.1) is 0 Å². The first-order valence-corrected chi connectivity index (χ1v) is 7.12. The van der Waals surface area contributed by atoms with Gasteiger partial charge in [-0.3, -0.25) is 5.43 Å². The van der Waals surface area contributed by atoms with Crippen LogP contribution in [-0.4, -0.2) is 9.66 Å². The van der Waals surface area contributed by atoms with E-state index in [0.29, 0.717) is 10.6 Å². The van der Waals surface area contributed by atoms with Crippen LogP contribution in [0.1, 0.15) is 11.3 Å². The molecule has 1 N–H and O–H groups in total. The average molecular weight is 309 g/mol. The number of nitriles is 1. The lowest BCUT2D eigenvalue weighted by atomic mass is 10.1. The molecule has 1 aromatic heterocycles. The molecular formula is C17H13ClN4. The second kappa shape index (κ2) is 5.92. The Morgan fingerprint density at radius 2 is 2.00 bits per heavy atom. The van der Waals surface area contributed by atoms with E-state index in [1.165, 1.54) is 0 Å². The number of aromatic nitrogens is 2. The van der Waals surface area contributed by atoms with Crippen molar-refractivity contribution in [3.8, 4) is 17.3 Å². The second-order valence-corrected chi connectivity index (χ2v) is 5.30. The third-order valence-electron chi connectivity index (χ3n) is 3.29. The second-order valence-electron chi connectivity index (χ2n) is 4.86. The lowest BCUT2D eigenvalue weighted by Crippen LogP contribution is -2.09. The largest absolute Gasteiger partial charge is 0.293 e. The summed E-state index contributed by atoms with van der Waals surface area (Å²) in [5.41, 5.74) is 7.47. The van der Waals surface area contributed by atoms with Crippen LogP contribution < -0.4 is 5.43 Å². The molecule has 1 heterocycles. The molecule has 0 fully saturated rings. The minimum Gasteiger partial charge on any atom is -0.293 e. The summed E-state index contributed by atoms with van der Waals surface area (Å²) in [5.74, 6) is 0. The van der Waals surface area contributed by atoms with Crippen LogP contribution in [0.2, 0.25) is 5.02 Å². The summed E-state index contributed by atoms with van der Waals surface area (Å²) in [5, 5.41) is 9.72. The average Bonchev–Trinajstić information content (AvgIpc) is 2.88. The Kier molecular flexibility index (Phi) is 3.82. The van der Waals surface area contributed by atoms with Gasteiger partial charge in [0.05, 0.1) is 28.7 Å². The fourth-order valence-electron chi connectivity index (χ4n) is 2.30. The standard InChI is InChI=1S/C17H13ClN4/c1-12-17(14-5-2-4-13(8-14)10-19)22(11-20-12)21-16-7-3-6-15(18)9-16/h2-9,11,21H,1H3. The molecule has 5 heteroatoms. The van der Waals surface area contributed by atoms with Crippen molar-refractivity contribution in [3.05, 3.63) is 71.1 Å². The monoisotopic (exact) mass is 308 g/mol. The highest BCUT2D eigenvalue weighted by Crippen LogP contribution is 2.24. The third kappa shape index (κ3) is 2.80. The Morgan fingerprint density at radius 1 is 1.18 bits per heavy atom. The van der Waals surface area contributed by atoms with Crippen molar-refractivity contribution in [2.24, 2.45) is 0 Å². The molecule has 0 bridgehead atoms. The van der Waals surface area contributed by atoms with Crippen LogP contribution in [0.15, 0.2) is 54.9 Å². The zero-order valence-corrected chi connectivity index (χ0v) is 12.7. The van der Waals surface area contributed by atoms with Gasteiger partial charge in [0.15, 0.2) is 0 Å². The lowest BCUT2D eigenvalue weighted by molar-refractivity contribution is 0.962. The third-order valence-corrected chi connectivity index (χ3v) is 3.52. The summed E-state index contributed by atoms with van der Waals surface area (Å²) >= 11 is 6.01. The summed E-state index contributed by atoms with van der Waals surface area (Å²) in [7, 11) is 0. The van der Waals surface area contributed by atoms with Crippen molar-refractivity contribution in [2.45, 2.75) is 6.92 Å². The Hall–Kier alpha value is -2.77. The van der Waals surface area contributed by atoms with Gasteiger partial charge in [0.2, 0.25) is 0 Å². The number of imidazole rings is 1. The van der Waals surface area contributed by atoms with E-state index in [-0.39, 0.29) is 0 Å². The lowest BCUT2D eigenvalue weighted by Gasteiger charge is -2.12. The van der Waals surface area contributed by atoms with E-state index in [9.17, 15) is 0 Å². The van der Waals surface area contributed by atoms with Gasteiger partial charge in [0.25, 0.3) is 0 Å². The molecule has 0 aliphatic carbocycles. The Balaban J connectivity index is 2.02. The summed E-state index contributed by atoms with van der Waals surface area (Å²) in [6.07, 6.45) is 1.71. The van der Waals surface area contributed by atoms with Crippen molar-refractivity contribution in [1.82, 2.24) is 9.66 Å². The number of rotatable bonds is 3. The molecule has 0 amide bonds. The number of hydrogen-bond acceptors (Lipinski definition) is 3. The molecule has 0 atom stereocenters. The fourth-order valence-corrected chi connectivity index (χ4v) is 2.49. The Labute approximate surface area is 133 Å². The molecule has 4 nitrogen and oxygen atoms in total. The van der Waals surface area contributed by atoms with Crippen LogP contribution in [-0.2, 0) is 0 Å². The van der Waals surface area contributed by atoms with E-state index in [1.54, 1.807) is 12.4 Å². The van der Waals surface area contributed by atoms with Crippen molar-refractivity contribution >= 4 is 17.3 Å². The maximum Gasteiger partial charge on any atom is 0.115 e. The van der Waals surface area contributed by atoms with Gasteiger partial charge >= 0.3 is 0 Å². The molecule has 3 aromatic rings. The van der Waals surface area contributed by atoms with Crippen LogP contribution in [0.4, 0.5) is 5.69 Å². The maximum absolute atomic E-state index is 9.06. The number of anilines is 1. The first-order valence-electron chi connectivity index (χ1n) is 6.74. The molecule has 0 aliphatic heterocycles. The fraction of sp³-hybridized carbons (Fsp3) is 0.0588. The SMILES string of the molecule is Cc1ncn(Nc2cccc(Cl)c2)c1-c1cccc(C#N)c1. The molecule has 108 valence electrons. The van der Waals surface area contributed by atoms with E-state index in [4.69, 9.17) is 16.9 Å². The minimum absolute atomic E-state index is 0.618. The zero-order valence-electron chi connectivity index (χ0n) is 11.9. The normalized spacial score (nSPS) is 10.2. The molecular weight excluding hydrogens is 296 g/mol. The zero-order chi connectivity index (χ0) is 15.5. The predicted molar refractivity (Wildman–Crippen MR) is 87.6 cm³/mol. The molecule has 0 spiro atoms. The number of benzene rings is 2. The van der Waals surface area contributed by atoms with Gasteiger partial charge < -0.3 is 0 Å². The van der Waals surface area contributed by atoms with Gasteiger partial charge in [-0.2, -0.15) is 5.26 Å². The first-order chi connectivity index (χ1) is 10.7. The topological polar surface area (TPSA) is 53.6 Å². The number of aryl methyl sites for hydroxylation is 1. The summed E-state index contributed by atoms with van der Waals surface area (Å²) in [4.78, 5) is 4.35. The summed E-state index contributed by atoms with van der Waals surface area (Å²) in [6, 6.07) is 17.1. The summed E-state index contributed by atoms with van der Waals surface area (Å²) in [6.45, 7) is 1.94. The van der Waals surface area contributed by atoms with Gasteiger partial charge in [-0.05, 0) is 37.3 Å². The quantitative estimate of drug-likeness (QED) is 0.786. The Morgan fingerprint density at radius 3 is 2.77 bits per heavy atom. The maximum atomic E-state index is 9.06. The summed E-state index contributed by atoms with van der Waals surface area (Å²) < 4.78 is 1.83. The van der Waals surface area contributed by atoms with Crippen molar-refractivity contribution in [2.75, 3.05) is 5.43 Å².